The first kappa shape index (κ1) is 27.6. The van der Waals surface area contributed by atoms with Crippen LogP contribution in [-0.2, 0) is 38.5 Å². The Kier molecular flexibility index (Phi) is 9.71. The van der Waals surface area contributed by atoms with Crippen LogP contribution in [0.4, 0.5) is 0 Å². The van der Waals surface area contributed by atoms with Crippen LogP contribution in [-0.4, -0.2) is 53.1 Å². The molecule has 0 aromatic heterocycles. The molecule has 0 radical (unpaired) electrons. The normalized spacial score (nSPS) is 24.7. The lowest BCUT2D eigenvalue weighted by atomic mass is 9.92. The molecule has 2 aromatic carbocycles. The number of hydrogen-bond acceptors (Lipinski definition) is 5. The summed E-state index contributed by atoms with van der Waals surface area (Å²) in [5.74, 6) is -1.44. The fourth-order valence-corrected chi connectivity index (χ4v) is 5.26. The van der Waals surface area contributed by atoms with Crippen molar-refractivity contribution >= 4 is 17.8 Å². The first-order valence-electron chi connectivity index (χ1n) is 13.6. The SMILES string of the molecule is C[C@H]1CNC(=O)[C@@H](CC(=O)N2Cc3ccccc3C[C@H]2CO)CC=CCC[C@H](Cc2ccccc2)C(=O)O1. The van der Waals surface area contributed by atoms with Crippen LogP contribution in [0.2, 0.25) is 0 Å². The molecule has 4 rings (SSSR count). The number of nitrogens with one attached hydrogen (secondary N) is 1. The third kappa shape index (κ3) is 7.32. The summed E-state index contributed by atoms with van der Waals surface area (Å²) in [4.78, 5) is 41.1. The number of cyclic esters (lactones) is 1. The number of aliphatic hydroxyl groups is 1. The lowest BCUT2D eigenvalue weighted by Crippen LogP contribution is -2.47. The van der Waals surface area contributed by atoms with E-state index in [1.165, 1.54) is 0 Å². The molecule has 0 spiro atoms. The Balaban J connectivity index is 1.43. The summed E-state index contributed by atoms with van der Waals surface area (Å²) in [7, 11) is 0. The number of allylic oxidation sites excluding steroid dienone is 2. The third-order valence-electron chi connectivity index (χ3n) is 7.49. The zero-order valence-corrected chi connectivity index (χ0v) is 22.1. The molecule has 0 bridgehead atoms. The summed E-state index contributed by atoms with van der Waals surface area (Å²) < 4.78 is 5.69. The van der Waals surface area contributed by atoms with E-state index in [1.54, 1.807) is 11.8 Å². The van der Waals surface area contributed by atoms with Crippen LogP contribution >= 0.6 is 0 Å². The van der Waals surface area contributed by atoms with Gasteiger partial charge in [0.25, 0.3) is 0 Å². The van der Waals surface area contributed by atoms with Crippen molar-refractivity contribution in [2.75, 3.05) is 13.2 Å². The average molecular weight is 519 g/mol. The second kappa shape index (κ2) is 13.4. The molecular formula is C31H38N2O5. The van der Waals surface area contributed by atoms with E-state index in [0.29, 0.717) is 38.6 Å². The van der Waals surface area contributed by atoms with Crippen molar-refractivity contribution in [2.24, 2.45) is 11.8 Å². The van der Waals surface area contributed by atoms with Gasteiger partial charge >= 0.3 is 5.97 Å². The Hall–Kier alpha value is -3.45. The van der Waals surface area contributed by atoms with Crippen LogP contribution in [0.5, 0.6) is 0 Å². The Morgan fingerprint density at radius 3 is 2.53 bits per heavy atom. The Bertz CT molecular complexity index is 1130. The van der Waals surface area contributed by atoms with Crippen molar-refractivity contribution in [1.29, 1.82) is 0 Å². The largest absolute Gasteiger partial charge is 0.461 e. The lowest BCUT2D eigenvalue weighted by molar-refractivity contribution is -0.153. The van der Waals surface area contributed by atoms with Crippen molar-refractivity contribution in [3.05, 3.63) is 83.4 Å². The van der Waals surface area contributed by atoms with Gasteiger partial charge in [0.15, 0.2) is 0 Å². The van der Waals surface area contributed by atoms with E-state index in [4.69, 9.17) is 4.74 Å². The molecule has 0 unspecified atom stereocenters. The molecule has 2 aliphatic heterocycles. The van der Waals surface area contributed by atoms with Gasteiger partial charge in [0, 0.05) is 13.0 Å². The monoisotopic (exact) mass is 518 g/mol. The molecule has 38 heavy (non-hydrogen) atoms. The summed E-state index contributed by atoms with van der Waals surface area (Å²) in [6.45, 7) is 2.27. The molecule has 7 heteroatoms. The second-order valence-electron chi connectivity index (χ2n) is 10.4. The summed E-state index contributed by atoms with van der Waals surface area (Å²) in [6.07, 6.45) is 6.47. The number of esters is 1. The molecule has 2 amide bonds. The first-order chi connectivity index (χ1) is 18.4. The number of fused-ring (bicyclic) bond motifs is 1. The maximum atomic E-state index is 13.4. The van der Waals surface area contributed by atoms with Gasteiger partial charge in [0.1, 0.15) is 6.10 Å². The first-order valence-corrected chi connectivity index (χ1v) is 13.6. The van der Waals surface area contributed by atoms with E-state index in [9.17, 15) is 19.5 Å². The van der Waals surface area contributed by atoms with E-state index < -0.39 is 12.0 Å². The standard InChI is InChI=1S/C31H38N2O5/c1-22-19-32-30(36)25(18-29(35)33-20-27-15-9-8-12-24(27)17-28(33)21-34)13-6-3-7-14-26(31(37)38-22)16-23-10-4-2-5-11-23/h2-6,8-12,15,22,25-26,28,34H,7,13-14,16-21H2,1H3,(H,32,36)/t22-,25+,26+,28-/m0/s1. The van der Waals surface area contributed by atoms with E-state index >= 15 is 0 Å². The molecule has 0 saturated heterocycles. The predicted octanol–water partition coefficient (Wildman–Crippen LogP) is 3.59. The molecule has 2 N–H and O–H groups in total. The van der Waals surface area contributed by atoms with Gasteiger partial charge in [-0.25, -0.2) is 0 Å². The van der Waals surface area contributed by atoms with Gasteiger partial charge in [0.05, 0.1) is 31.0 Å². The third-order valence-corrected chi connectivity index (χ3v) is 7.49. The molecule has 0 fully saturated rings. The quantitative estimate of drug-likeness (QED) is 0.466. The zero-order valence-electron chi connectivity index (χ0n) is 22.1. The van der Waals surface area contributed by atoms with E-state index in [0.717, 1.165) is 16.7 Å². The zero-order chi connectivity index (χ0) is 26.9. The molecule has 7 nitrogen and oxygen atoms in total. The van der Waals surface area contributed by atoms with Gasteiger partial charge in [-0.1, -0.05) is 66.7 Å². The number of amides is 2. The topological polar surface area (TPSA) is 95.9 Å². The second-order valence-corrected chi connectivity index (χ2v) is 10.4. The number of nitrogens with zero attached hydrogens (tertiary/aromatic N) is 1. The van der Waals surface area contributed by atoms with Crippen molar-refractivity contribution in [1.82, 2.24) is 10.2 Å². The van der Waals surface area contributed by atoms with Crippen LogP contribution in [0.1, 0.15) is 49.3 Å². The van der Waals surface area contributed by atoms with Crippen molar-refractivity contribution < 1.29 is 24.2 Å². The Morgan fingerprint density at radius 1 is 1.03 bits per heavy atom. The van der Waals surface area contributed by atoms with Crippen LogP contribution in [0.3, 0.4) is 0 Å². The molecule has 2 aliphatic rings. The predicted molar refractivity (Wildman–Crippen MR) is 145 cm³/mol. The number of benzene rings is 2. The molecule has 0 aliphatic carbocycles. The highest BCUT2D eigenvalue weighted by atomic mass is 16.5. The Labute approximate surface area is 224 Å². The van der Waals surface area contributed by atoms with Crippen LogP contribution < -0.4 is 5.32 Å². The summed E-state index contributed by atoms with van der Waals surface area (Å²) in [5, 5.41) is 12.9. The maximum absolute atomic E-state index is 13.4. The van der Waals surface area contributed by atoms with Gasteiger partial charge in [-0.15, -0.1) is 0 Å². The fraction of sp³-hybridized carbons (Fsp3) is 0.452. The molecule has 0 saturated carbocycles. The number of hydrogen-bond donors (Lipinski definition) is 2. The number of carbonyl (C=O) groups excluding carboxylic acids is 3. The van der Waals surface area contributed by atoms with Gasteiger partial charge in [0.2, 0.25) is 11.8 Å². The molecule has 2 heterocycles. The summed E-state index contributed by atoms with van der Waals surface area (Å²) in [5.41, 5.74) is 3.31. The molecule has 2 aromatic rings. The van der Waals surface area contributed by atoms with Crippen molar-refractivity contribution in [3.63, 3.8) is 0 Å². The fourth-order valence-electron chi connectivity index (χ4n) is 5.26. The van der Waals surface area contributed by atoms with Crippen molar-refractivity contribution in [3.8, 4) is 0 Å². The molecule has 4 atom stereocenters. The maximum Gasteiger partial charge on any atom is 0.309 e. The van der Waals surface area contributed by atoms with Crippen LogP contribution in [0.15, 0.2) is 66.7 Å². The highest BCUT2D eigenvalue weighted by Gasteiger charge is 2.32. The van der Waals surface area contributed by atoms with E-state index in [-0.39, 0.29) is 49.3 Å². The van der Waals surface area contributed by atoms with Crippen LogP contribution in [0, 0.1) is 11.8 Å². The van der Waals surface area contributed by atoms with E-state index in [1.807, 2.05) is 66.7 Å². The lowest BCUT2D eigenvalue weighted by Gasteiger charge is -2.36. The minimum absolute atomic E-state index is 0.0552. The number of rotatable bonds is 5. The minimum Gasteiger partial charge on any atom is -0.461 e. The van der Waals surface area contributed by atoms with Crippen molar-refractivity contribution in [2.45, 2.75) is 64.1 Å². The average Bonchev–Trinajstić information content (AvgIpc) is 2.94. The highest BCUT2D eigenvalue weighted by Crippen LogP contribution is 2.26. The van der Waals surface area contributed by atoms with Gasteiger partial charge in [-0.05, 0) is 55.7 Å². The smallest absolute Gasteiger partial charge is 0.309 e. The number of aliphatic hydroxyl groups excluding tert-OH is 1. The van der Waals surface area contributed by atoms with Gasteiger partial charge in [-0.2, -0.15) is 0 Å². The molecule has 202 valence electrons. The Morgan fingerprint density at radius 2 is 1.76 bits per heavy atom. The number of carbonyl (C=O) groups is 3. The number of ether oxygens (including phenoxy) is 1. The summed E-state index contributed by atoms with van der Waals surface area (Å²) >= 11 is 0. The summed E-state index contributed by atoms with van der Waals surface area (Å²) in [6, 6.07) is 17.6. The van der Waals surface area contributed by atoms with Gasteiger partial charge < -0.3 is 20.1 Å². The molecular weight excluding hydrogens is 480 g/mol. The minimum atomic E-state index is -0.543. The van der Waals surface area contributed by atoms with E-state index in [2.05, 4.69) is 5.32 Å². The highest BCUT2D eigenvalue weighted by molar-refractivity contribution is 5.86. The van der Waals surface area contributed by atoms with Gasteiger partial charge in [-0.3, -0.25) is 14.4 Å². The van der Waals surface area contributed by atoms with Crippen LogP contribution in [0.25, 0.3) is 0 Å².